The van der Waals surface area contributed by atoms with E-state index in [1.807, 2.05) is 13.8 Å². The summed E-state index contributed by atoms with van der Waals surface area (Å²) >= 11 is 0. The fraction of sp³-hybridized carbons (Fsp3) is 0.750. The molecule has 12 nitrogen and oxygen atoms in total. The molecular formula is C32H52N6O6. The largest absolute Gasteiger partial charge is 0.363 e. The summed E-state index contributed by atoms with van der Waals surface area (Å²) in [6.07, 6.45) is 2.51. The van der Waals surface area contributed by atoms with Gasteiger partial charge in [0.2, 0.25) is 23.6 Å². The van der Waals surface area contributed by atoms with E-state index in [2.05, 4.69) is 44.9 Å². The highest BCUT2D eigenvalue weighted by Crippen LogP contribution is 2.20. The van der Waals surface area contributed by atoms with Crippen LogP contribution >= 0.6 is 0 Å². The second kappa shape index (κ2) is 18.6. The molecule has 4 N–H and O–H groups in total. The van der Waals surface area contributed by atoms with Crippen molar-refractivity contribution in [3.8, 4) is 23.7 Å². The Hall–Kier alpha value is -3.16. The lowest BCUT2D eigenvalue weighted by Crippen LogP contribution is -2.57. The van der Waals surface area contributed by atoms with Gasteiger partial charge in [0.1, 0.15) is 25.3 Å². The quantitative estimate of drug-likeness (QED) is 0.200. The highest BCUT2D eigenvalue weighted by Gasteiger charge is 2.37. The van der Waals surface area contributed by atoms with Crippen molar-refractivity contribution in [2.75, 3.05) is 40.4 Å². The molecule has 0 saturated carbocycles. The van der Waals surface area contributed by atoms with E-state index in [0.717, 1.165) is 25.7 Å². The molecule has 4 amide bonds. The standard InChI is InChI=1S/C32H52N6O6/c1-21-15-13-17-37(21)31(41)27(35-29(39)23(3)33-7)25(5)43-19-11-9-10-12-20-44-26(6)28(36-30(40)24(4)34-8)32(42)38-18-14-16-22(38)2/h21-28,33-34H,13-20H2,1-8H3,(H,35,39)(H,36,40)/t21-,22-,23+,24+,25-,26-,27+,28+/m1/s1. The Kier molecular flexibility index (Phi) is 15.7. The van der Waals surface area contributed by atoms with Crippen molar-refractivity contribution in [3.05, 3.63) is 0 Å². The van der Waals surface area contributed by atoms with Gasteiger partial charge < -0.3 is 40.5 Å². The van der Waals surface area contributed by atoms with E-state index < -0.39 is 36.4 Å². The topological polar surface area (TPSA) is 141 Å². The summed E-state index contributed by atoms with van der Waals surface area (Å²) in [4.78, 5) is 55.3. The molecule has 0 radical (unpaired) electrons. The second-order valence-corrected chi connectivity index (χ2v) is 11.7. The Labute approximate surface area is 263 Å². The molecule has 2 rings (SSSR count). The van der Waals surface area contributed by atoms with Gasteiger partial charge in [0.25, 0.3) is 0 Å². The average molecular weight is 617 g/mol. The summed E-state index contributed by atoms with van der Waals surface area (Å²) in [6, 6.07) is -2.37. The lowest BCUT2D eigenvalue weighted by Gasteiger charge is -2.31. The predicted molar refractivity (Wildman–Crippen MR) is 168 cm³/mol. The van der Waals surface area contributed by atoms with Gasteiger partial charge in [0.15, 0.2) is 0 Å². The molecule has 2 fully saturated rings. The minimum absolute atomic E-state index is 0.0180. The smallest absolute Gasteiger partial charge is 0.248 e. The molecule has 2 heterocycles. The zero-order valence-electron chi connectivity index (χ0n) is 27.6. The fourth-order valence-electron chi connectivity index (χ4n) is 5.16. The van der Waals surface area contributed by atoms with Crippen molar-refractivity contribution >= 4 is 23.6 Å². The maximum atomic E-state index is 13.3. The minimum Gasteiger partial charge on any atom is -0.363 e. The van der Waals surface area contributed by atoms with Gasteiger partial charge in [-0.05, 0) is 93.2 Å². The Bertz CT molecular complexity index is 1020. The van der Waals surface area contributed by atoms with Crippen LogP contribution in [0.15, 0.2) is 0 Å². The highest BCUT2D eigenvalue weighted by atomic mass is 16.5. The molecular weight excluding hydrogens is 564 g/mol. The van der Waals surface area contributed by atoms with E-state index in [4.69, 9.17) is 9.47 Å². The number of nitrogens with zero attached hydrogens (tertiary/aromatic N) is 2. The van der Waals surface area contributed by atoms with Crippen LogP contribution in [0, 0.1) is 23.7 Å². The molecule has 2 aliphatic heterocycles. The summed E-state index contributed by atoms with van der Waals surface area (Å²) in [5.74, 6) is 10.2. The van der Waals surface area contributed by atoms with Crippen LogP contribution < -0.4 is 21.3 Å². The third kappa shape index (κ3) is 10.8. The SMILES string of the molecule is CN[C@@H](C)C(=O)N[C@H](C(=O)N1CCC[C@H]1C)[C@@H](C)OCC#CC#CCO[C@H](C)[C@H](NC(=O)[C@H](C)NC)C(=O)N1CCC[C@H]1C. The third-order valence-electron chi connectivity index (χ3n) is 8.47. The molecule has 0 aromatic heterocycles. The van der Waals surface area contributed by atoms with Crippen molar-refractivity contribution < 1.29 is 28.7 Å². The molecule has 2 saturated heterocycles. The normalized spacial score (nSPS) is 21.9. The maximum absolute atomic E-state index is 13.3. The highest BCUT2D eigenvalue weighted by molar-refractivity contribution is 5.91. The Morgan fingerprint density at radius 2 is 1.07 bits per heavy atom. The van der Waals surface area contributed by atoms with Gasteiger partial charge in [-0.2, -0.15) is 0 Å². The van der Waals surface area contributed by atoms with Crippen LogP contribution in [0.3, 0.4) is 0 Å². The van der Waals surface area contributed by atoms with Crippen LogP contribution in [0.5, 0.6) is 0 Å². The number of likely N-dealkylation sites (N-methyl/N-ethyl adjacent to an activating group) is 2. The summed E-state index contributed by atoms with van der Waals surface area (Å²) in [5.41, 5.74) is 0. The first-order valence-corrected chi connectivity index (χ1v) is 15.7. The molecule has 0 bridgehead atoms. The number of carbonyl (C=O) groups excluding carboxylic acids is 4. The van der Waals surface area contributed by atoms with E-state index in [1.54, 1.807) is 51.6 Å². The first-order chi connectivity index (χ1) is 20.9. The van der Waals surface area contributed by atoms with Gasteiger partial charge in [-0.1, -0.05) is 11.8 Å². The zero-order chi connectivity index (χ0) is 32.8. The van der Waals surface area contributed by atoms with E-state index in [-0.39, 0.29) is 48.9 Å². The summed E-state index contributed by atoms with van der Waals surface area (Å²) in [7, 11) is 3.37. The number of rotatable bonds is 14. The Morgan fingerprint density at radius 1 is 0.705 bits per heavy atom. The molecule has 0 aromatic carbocycles. The third-order valence-corrected chi connectivity index (χ3v) is 8.47. The maximum Gasteiger partial charge on any atom is 0.248 e. The monoisotopic (exact) mass is 616 g/mol. The minimum atomic E-state index is -0.836. The number of carbonyl (C=O) groups is 4. The molecule has 246 valence electrons. The van der Waals surface area contributed by atoms with E-state index >= 15 is 0 Å². The Balaban J connectivity index is 1.94. The first kappa shape index (κ1) is 37.0. The van der Waals surface area contributed by atoms with Gasteiger partial charge >= 0.3 is 0 Å². The first-order valence-electron chi connectivity index (χ1n) is 15.7. The molecule has 0 aliphatic carbocycles. The van der Waals surface area contributed by atoms with Crippen molar-refractivity contribution in [3.63, 3.8) is 0 Å². The number of hydrogen-bond acceptors (Lipinski definition) is 8. The van der Waals surface area contributed by atoms with Crippen molar-refractivity contribution in [1.82, 2.24) is 31.1 Å². The van der Waals surface area contributed by atoms with Crippen LogP contribution in [-0.2, 0) is 28.7 Å². The summed E-state index contributed by atoms with van der Waals surface area (Å²) in [5, 5.41) is 11.4. The number of nitrogens with one attached hydrogen (secondary N) is 4. The second-order valence-electron chi connectivity index (χ2n) is 11.7. The molecule has 2 aliphatic rings. The van der Waals surface area contributed by atoms with Crippen LogP contribution in [0.4, 0.5) is 0 Å². The van der Waals surface area contributed by atoms with Gasteiger partial charge in [0, 0.05) is 25.2 Å². The van der Waals surface area contributed by atoms with Crippen LogP contribution in [-0.4, -0.2) is 122 Å². The Morgan fingerprint density at radius 3 is 1.36 bits per heavy atom. The van der Waals surface area contributed by atoms with Gasteiger partial charge in [-0.3, -0.25) is 19.2 Å². The van der Waals surface area contributed by atoms with Crippen molar-refractivity contribution in [2.24, 2.45) is 0 Å². The number of amides is 4. The molecule has 0 spiro atoms. The molecule has 12 heteroatoms. The summed E-state index contributed by atoms with van der Waals surface area (Å²) < 4.78 is 11.6. The number of hydrogen-bond donors (Lipinski definition) is 4. The lowest BCUT2D eigenvalue weighted by atomic mass is 10.1. The van der Waals surface area contributed by atoms with Crippen LogP contribution in [0.1, 0.15) is 67.2 Å². The fourth-order valence-corrected chi connectivity index (χ4v) is 5.16. The molecule has 44 heavy (non-hydrogen) atoms. The number of likely N-dealkylation sites (tertiary alicyclic amines) is 2. The van der Waals surface area contributed by atoms with Crippen molar-refractivity contribution in [1.29, 1.82) is 0 Å². The van der Waals surface area contributed by atoms with E-state index in [1.165, 1.54) is 0 Å². The van der Waals surface area contributed by atoms with Crippen LogP contribution in [0.2, 0.25) is 0 Å². The van der Waals surface area contributed by atoms with Gasteiger partial charge in [-0.25, -0.2) is 0 Å². The average Bonchev–Trinajstić information content (AvgIpc) is 3.65. The molecule has 0 unspecified atom stereocenters. The van der Waals surface area contributed by atoms with E-state index in [0.29, 0.717) is 13.1 Å². The number of ether oxygens (including phenoxy) is 2. The van der Waals surface area contributed by atoms with Gasteiger partial charge in [0.05, 0.1) is 24.3 Å². The zero-order valence-corrected chi connectivity index (χ0v) is 27.6. The van der Waals surface area contributed by atoms with Gasteiger partial charge in [-0.15, -0.1) is 0 Å². The molecule has 0 aromatic rings. The van der Waals surface area contributed by atoms with Crippen molar-refractivity contribution in [2.45, 2.75) is 116 Å². The summed E-state index contributed by atoms with van der Waals surface area (Å²) in [6.45, 7) is 12.3. The van der Waals surface area contributed by atoms with Crippen LogP contribution in [0.25, 0.3) is 0 Å². The molecule has 8 atom stereocenters. The lowest BCUT2D eigenvalue weighted by molar-refractivity contribution is -0.141. The van der Waals surface area contributed by atoms with E-state index in [9.17, 15) is 19.2 Å². The predicted octanol–water partition coefficient (Wildman–Crippen LogP) is 0.0106.